The topological polar surface area (TPSA) is 62.6 Å². The first kappa shape index (κ1) is 15.1. The molecule has 0 spiro atoms. The van der Waals surface area contributed by atoms with Crippen molar-refractivity contribution in [3.05, 3.63) is 45.3 Å². The van der Waals surface area contributed by atoms with Crippen molar-refractivity contribution < 1.29 is 9.21 Å². The SMILES string of the molecule is CN1CCC(CNC(=O)c2cc3cc(Cl)ccc3oc2=O)C1. The maximum atomic E-state index is 12.2. The Morgan fingerprint density at radius 2 is 2.27 bits per heavy atom. The predicted molar refractivity (Wildman–Crippen MR) is 85.4 cm³/mol. The number of fused-ring (bicyclic) bond motifs is 1. The van der Waals surface area contributed by atoms with Crippen LogP contribution in [-0.4, -0.2) is 37.5 Å². The van der Waals surface area contributed by atoms with E-state index in [1.165, 1.54) is 6.07 Å². The smallest absolute Gasteiger partial charge is 0.349 e. The van der Waals surface area contributed by atoms with Crippen LogP contribution in [0, 0.1) is 5.92 Å². The molecule has 116 valence electrons. The van der Waals surface area contributed by atoms with Crippen molar-refractivity contribution in [1.29, 1.82) is 0 Å². The predicted octanol–water partition coefficient (Wildman–Crippen LogP) is 2.13. The highest BCUT2D eigenvalue weighted by atomic mass is 35.5. The Hall–Kier alpha value is -1.85. The van der Waals surface area contributed by atoms with Gasteiger partial charge in [-0.3, -0.25) is 4.79 Å². The maximum Gasteiger partial charge on any atom is 0.349 e. The normalized spacial score (nSPS) is 18.7. The molecule has 2 heterocycles. The summed E-state index contributed by atoms with van der Waals surface area (Å²) in [5.74, 6) is 0.0288. The number of benzene rings is 1. The number of hydrogen-bond donors (Lipinski definition) is 1. The van der Waals surface area contributed by atoms with Gasteiger partial charge in [0.05, 0.1) is 0 Å². The van der Waals surface area contributed by atoms with E-state index in [9.17, 15) is 9.59 Å². The van der Waals surface area contributed by atoms with Crippen LogP contribution in [-0.2, 0) is 0 Å². The number of amides is 1. The highest BCUT2D eigenvalue weighted by Gasteiger charge is 2.21. The van der Waals surface area contributed by atoms with Crippen molar-refractivity contribution in [2.24, 2.45) is 5.92 Å². The molecule has 1 fully saturated rings. The van der Waals surface area contributed by atoms with Crippen LogP contribution in [0.3, 0.4) is 0 Å². The summed E-state index contributed by atoms with van der Waals surface area (Å²) in [5.41, 5.74) is -0.194. The fourth-order valence-corrected chi connectivity index (χ4v) is 2.96. The van der Waals surface area contributed by atoms with E-state index in [0.29, 0.717) is 28.5 Å². The van der Waals surface area contributed by atoms with Gasteiger partial charge in [0.15, 0.2) is 0 Å². The molecule has 5 nitrogen and oxygen atoms in total. The molecule has 0 aliphatic carbocycles. The highest BCUT2D eigenvalue weighted by Crippen LogP contribution is 2.19. The minimum absolute atomic E-state index is 0.0149. The quantitative estimate of drug-likeness (QED) is 0.880. The third kappa shape index (κ3) is 3.15. The van der Waals surface area contributed by atoms with E-state index in [0.717, 1.165) is 19.5 Å². The Balaban J connectivity index is 1.78. The van der Waals surface area contributed by atoms with E-state index in [1.807, 2.05) is 0 Å². The van der Waals surface area contributed by atoms with E-state index >= 15 is 0 Å². The fourth-order valence-electron chi connectivity index (χ4n) is 2.78. The Morgan fingerprint density at radius 1 is 1.45 bits per heavy atom. The van der Waals surface area contributed by atoms with Gasteiger partial charge in [0.2, 0.25) is 0 Å². The van der Waals surface area contributed by atoms with E-state index in [4.69, 9.17) is 16.0 Å². The lowest BCUT2D eigenvalue weighted by Gasteiger charge is -2.11. The number of carbonyl (C=O) groups is 1. The van der Waals surface area contributed by atoms with Crippen LogP contribution in [0.25, 0.3) is 11.0 Å². The van der Waals surface area contributed by atoms with E-state index in [-0.39, 0.29) is 5.56 Å². The van der Waals surface area contributed by atoms with Crippen molar-refractivity contribution in [2.75, 3.05) is 26.7 Å². The summed E-state index contributed by atoms with van der Waals surface area (Å²) >= 11 is 5.93. The van der Waals surface area contributed by atoms with Crippen LogP contribution in [0.4, 0.5) is 0 Å². The standard InChI is InChI=1S/C16H17ClN2O3/c1-19-5-4-10(9-19)8-18-15(20)13-7-11-6-12(17)2-3-14(11)22-16(13)21/h2-3,6-7,10H,4-5,8-9H2,1H3,(H,18,20). The lowest BCUT2D eigenvalue weighted by atomic mass is 10.1. The molecule has 1 saturated heterocycles. The molecule has 1 aromatic heterocycles. The molecule has 3 rings (SSSR count). The number of halogens is 1. The summed E-state index contributed by atoms with van der Waals surface area (Å²) in [7, 11) is 2.06. The maximum absolute atomic E-state index is 12.2. The summed E-state index contributed by atoms with van der Waals surface area (Å²) < 4.78 is 5.17. The number of nitrogens with zero attached hydrogens (tertiary/aromatic N) is 1. The van der Waals surface area contributed by atoms with Crippen LogP contribution < -0.4 is 10.9 Å². The minimum Gasteiger partial charge on any atom is -0.422 e. The fraction of sp³-hybridized carbons (Fsp3) is 0.375. The van der Waals surface area contributed by atoms with E-state index < -0.39 is 11.5 Å². The molecule has 1 aromatic carbocycles. The minimum atomic E-state index is -0.629. The van der Waals surface area contributed by atoms with Crippen LogP contribution in [0.5, 0.6) is 0 Å². The first-order valence-corrected chi connectivity index (χ1v) is 7.61. The summed E-state index contributed by atoms with van der Waals surface area (Å²) in [5, 5.41) is 3.99. The van der Waals surface area contributed by atoms with Crippen molar-refractivity contribution in [3.63, 3.8) is 0 Å². The number of nitrogens with one attached hydrogen (secondary N) is 1. The zero-order chi connectivity index (χ0) is 15.7. The Kier molecular flexibility index (Phi) is 4.18. The molecule has 1 unspecified atom stereocenters. The molecule has 0 radical (unpaired) electrons. The van der Waals surface area contributed by atoms with Crippen LogP contribution >= 0.6 is 11.6 Å². The summed E-state index contributed by atoms with van der Waals surface area (Å²) in [6, 6.07) is 6.46. The average molecular weight is 321 g/mol. The zero-order valence-electron chi connectivity index (χ0n) is 12.3. The molecule has 0 saturated carbocycles. The molecule has 1 atom stereocenters. The van der Waals surface area contributed by atoms with Gasteiger partial charge in [0.25, 0.3) is 5.91 Å². The first-order valence-electron chi connectivity index (χ1n) is 7.23. The Bertz CT molecular complexity index is 772. The largest absolute Gasteiger partial charge is 0.422 e. The van der Waals surface area contributed by atoms with Gasteiger partial charge >= 0.3 is 5.63 Å². The molecule has 22 heavy (non-hydrogen) atoms. The molecule has 1 aliphatic heterocycles. The van der Waals surface area contributed by atoms with Gasteiger partial charge in [0, 0.05) is 23.5 Å². The number of carbonyl (C=O) groups excluding carboxylic acids is 1. The monoisotopic (exact) mass is 320 g/mol. The van der Waals surface area contributed by atoms with Crippen molar-refractivity contribution >= 4 is 28.5 Å². The molecular formula is C16H17ClN2O3. The average Bonchev–Trinajstić information content (AvgIpc) is 2.90. The van der Waals surface area contributed by atoms with E-state index in [2.05, 4.69) is 17.3 Å². The molecular weight excluding hydrogens is 304 g/mol. The Labute approximate surface area is 132 Å². The molecule has 1 aliphatic rings. The third-order valence-corrected chi connectivity index (χ3v) is 4.21. The third-order valence-electron chi connectivity index (χ3n) is 3.98. The number of rotatable bonds is 3. The van der Waals surface area contributed by atoms with Crippen molar-refractivity contribution in [2.45, 2.75) is 6.42 Å². The van der Waals surface area contributed by atoms with Crippen molar-refractivity contribution in [1.82, 2.24) is 10.2 Å². The van der Waals surface area contributed by atoms with Crippen molar-refractivity contribution in [3.8, 4) is 0 Å². The highest BCUT2D eigenvalue weighted by molar-refractivity contribution is 6.31. The first-order chi connectivity index (χ1) is 10.5. The second-order valence-corrected chi connectivity index (χ2v) is 6.19. The summed E-state index contributed by atoms with van der Waals surface area (Å²) in [6.45, 7) is 2.57. The van der Waals surface area contributed by atoms with Crippen LogP contribution in [0.1, 0.15) is 16.8 Å². The molecule has 2 aromatic rings. The molecule has 1 amide bonds. The van der Waals surface area contributed by atoms with Gasteiger partial charge in [0.1, 0.15) is 11.1 Å². The summed E-state index contributed by atoms with van der Waals surface area (Å²) in [6.07, 6.45) is 1.05. The number of hydrogen-bond acceptors (Lipinski definition) is 4. The lowest BCUT2D eigenvalue weighted by Crippen LogP contribution is -2.33. The zero-order valence-corrected chi connectivity index (χ0v) is 13.0. The molecule has 1 N–H and O–H groups in total. The second-order valence-electron chi connectivity index (χ2n) is 5.76. The van der Waals surface area contributed by atoms with Gasteiger partial charge in [-0.15, -0.1) is 0 Å². The van der Waals surface area contributed by atoms with Gasteiger partial charge < -0.3 is 14.6 Å². The van der Waals surface area contributed by atoms with Gasteiger partial charge in [-0.1, -0.05) is 11.6 Å². The molecule has 6 heteroatoms. The Morgan fingerprint density at radius 3 is 3.00 bits per heavy atom. The second kappa shape index (κ2) is 6.10. The van der Waals surface area contributed by atoms with Crippen LogP contribution in [0.2, 0.25) is 5.02 Å². The lowest BCUT2D eigenvalue weighted by molar-refractivity contribution is 0.0944. The van der Waals surface area contributed by atoms with Gasteiger partial charge in [-0.2, -0.15) is 0 Å². The number of likely N-dealkylation sites (tertiary alicyclic amines) is 1. The van der Waals surface area contributed by atoms with Gasteiger partial charge in [-0.25, -0.2) is 4.79 Å². The van der Waals surface area contributed by atoms with E-state index in [1.54, 1.807) is 18.2 Å². The molecule has 0 bridgehead atoms. The van der Waals surface area contributed by atoms with Gasteiger partial charge in [-0.05, 0) is 50.2 Å². The van der Waals surface area contributed by atoms with Crippen LogP contribution in [0.15, 0.2) is 33.5 Å². The summed E-state index contributed by atoms with van der Waals surface area (Å²) in [4.78, 5) is 26.4.